The molecule has 30 heavy (non-hydrogen) atoms. The van der Waals surface area contributed by atoms with Crippen LogP contribution in [0.5, 0.6) is 11.5 Å². The Labute approximate surface area is 178 Å². The van der Waals surface area contributed by atoms with E-state index in [0.29, 0.717) is 24.5 Å². The van der Waals surface area contributed by atoms with Gasteiger partial charge in [0.1, 0.15) is 11.9 Å². The van der Waals surface area contributed by atoms with Crippen molar-refractivity contribution < 1.29 is 22.7 Å². The van der Waals surface area contributed by atoms with E-state index in [9.17, 15) is 8.42 Å². The van der Waals surface area contributed by atoms with Crippen molar-refractivity contribution in [3.8, 4) is 11.5 Å². The number of benzene rings is 2. The van der Waals surface area contributed by atoms with Crippen molar-refractivity contribution in [2.75, 3.05) is 20.8 Å². The van der Waals surface area contributed by atoms with Gasteiger partial charge in [0.25, 0.3) is 0 Å². The number of hydrogen-bond acceptors (Lipinski definition) is 6. The summed E-state index contributed by atoms with van der Waals surface area (Å²) in [5.41, 5.74) is 1.84. The minimum atomic E-state index is -3.57. The van der Waals surface area contributed by atoms with Crippen LogP contribution in [0, 0.1) is 0 Å². The molecule has 3 atom stereocenters. The highest BCUT2D eigenvalue weighted by Gasteiger charge is 2.43. The van der Waals surface area contributed by atoms with E-state index in [-0.39, 0.29) is 12.6 Å². The second kappa shape index (κ2) is 9.78. The maximum atomic E-state index is 12.9. The minimum absolute atomic E-state index is 0.0987. The van der Waals surface area contributed by atoms with Crippen molar-refractivity contribution in [1.29, 1.82) is 0 Å². The molecule has 0 saturated carbocycles. The quantitative estimate of drug-likeness (QED) is 0.653. The van der Waals surface area contributed by atoms with Crippen LogP contribution in [-0.2, 0) is 21.5 Å². The van der Waals surface area contributed by atoms with E-state index in [0.717, 1.165) is 11.1 Å². The summed E-state index contributed by atoms with van der Waals surface area (Å²) in [6.07, 6.45) is 0.717. The first kappa shape index (κ1) is 22.6. The average molecular weight is 435 g/mol. The fourth-order valence-corrected chi connectivity index (χ4v) is 5.26. The molecule has 1 N–H and O–H groups in total. The van der Waals surface area contributed by atoms with E-state index in [4.69, 9.17) is 14.3 Å². The third-order valence-corrected chi connectivity index (χ3v) is 7.25. The van der Waals surface area contributed by atoms with E-state index in [2.05, 4.69) is 4.72 Å². The third-order valence-electron chi connectivity index (χ3n) is 5.33. The number of methoxy groups -OCH3 is 1. The summed E-state index contributed by atoms with van der Waals surface area (Å²) in [4.78, 5) is 5.59. The molecule has 0 spiro atoms. The van der Waals surface area contributed by atoms with Gasteiger partial charge in [0.05, 0.1) is 19.8 Å². The van der Waals surface area contributed by atoms with Crippen LogP contribution >= 0.6 is 0 Å². The molecule has 0 aromatic heterocycles. The molecule has 1 fully saturated rings. The molecule has 2 aromatic rings. The Morgan fingerprint density at radius 2 is 1.93 bits per heavy atom. The van der Waals surface area contributed by atoms with Gasteiger partial charge < -0.3 is 9.47 Å². The number of ether oxygens (including phenoxy) is 2. The van der Waals surface area contributed by atoms with Gasteiger partial charge in [-0.15, -0.1) is 0 Å². The van der Waals surface area contributed by atoms with E-state index in [1.807, 2.05) is 62.4 Å². The summed E-state index contributed by atoms with van der Waals surface area (Å²) in [7, 11) is -0.249. The SMILES string of the molecule is CC[C@H](C)NS(=O)(=O)[C@H]1CON(C)[C@@H]1c1ccc(OCc2ccccc2)c(OC)c1. The standard InChI is InChI=1S/C22H30N2O5S/c1-5-16(2)23-30(25,26)21-15-29-24(3)22(21)18-11-12-19(20(13-18)27-4)28-14-17-9-7-6-8-10-17/h6-13,16,21-23H,5,14-15H2,1-4H3/t16-,21-,22+/m0/s1. The van der Waals surface area contributed by atoms with Crippen LogP contribution in [0.2, 0.25) is 0 Å². The Hall–Kier alpha value is -2.13. The molecular formula is C22H30N2O5S. The predicted molar refractivity (Wildman–Crippen MR) is 116 cm³/mol. The van der Waals surface area contributed by atoms with Gasteiger partial charge in [-0.2, -0.15) is 5.06 Å². The number of nitrogens with one attached hydrogen (secondary N) is 1. The number of nitrogens with zero attached hydrogens (tertiary/aromatic N) is 1. The average Bonchev–Trinajstić information content (AvgIpc) is 3.15. The zero-order valence-corrected chi connectivity index (χ0v) is 18.7. The summed E-state index contributed by atoms with van der Waals surface area (Å²) in [6, 6.07) is 14.8. The van der Waals surface area contributed by atoms with Crippen molar-refractivity contribution >= 4 is 10.0 Å². The van der Waals surface area contributed by atoms with Crippen molar-refractivity contribution in [2.45, 2.75) is 44.2 Å². The summed E-state index contributed by atoms with van der Waals surface area (Å²) in [5, 5.41) is 0.872. The highest BCUT2D eigenvalue weighted by molar-refractivity contribution is 7.90. The molecule has 0 unspecified atom stereocenters. The van der Waals surface area contributed by atoms with Crippen molar-refractivity contribution in [3.05, 3.63) is 59.7 Å². The molecule has 1 aliphatic rings. The molecule has 1 heterocycles. The molecule has 1 aliphatic heterocycles. The third kappa shape index (κ3) is 5.13. The van der Waals surface area contributed by atoms with Gasteiger partial charge in [0.2, 0.25) is 10.0 Å². The van der Waals surface area contributed by atoms with Crippen LogP contribution in [0.15, 0.2) is 48.5 Å². The van der Waals surface area contributed by atoms with Gasteiger partial charge in [0.15, 0.2) is 11.5 Å². The second-order valence-electron chi connectivity index (χ2n) is 7.48. The van der Waals surface area contributed by atoms with Gasteiger partial charge >= 0.3 is 0 Å². The van der Waals surface area contributed by atoms with Crippen molar-refractivity contribution in [2.24, 2.45) is 0 Å². The summed E-state index contributed by atoms with van der Waals surface area (Å²) in [5.74, 6) is 1.15. The zero-order chi connectivity index (χ0) is 21.7. The van der Waals surface area contributed by atoms with E-state index in [1.54, 1.807) is 19.2 Å². The molecular weight excluding hydrogens is 404 g/mol. The smallest absolute Gasteiger partial charge is 0.219 e. The fourth-order valence-electron chi connectivity index (χ4n) is 3.45. The molecule has 164 valence electrons. The molecule has 2 aromatic carbocycles. The molecule has 0 bridgehead atoms. The summed E-state index contributed by atoms with van der Waals surface area (Å²) >= 11 is 0. The molecule has 0 aliphatic carbocycles. The molecule has 8 heteroatoms. The minimum Gasteiger partial charge on any atom is -0.493 e. The summed E-state index contributed by atoms with van der Waals surface area (Å²) < 4.78 is 40.1. The van der Waals surface area contributed by atoms with Gasteiger partial charge in [0, 0.05) is 13.1 Å². The number of sulfonamides is 1. The van der Waals surface area contributed by atoms with Crippen LogP contribution < -0.4 is 14.2 Å². The first-order chi connectivity index (χ1) is 14.4. The largest absolute Gasteiger partial charge is 0.493 e. The van der Waals surface area contributed by atoms with Gasteiger partial charge in [-0.05, 0) is 36.6 Å². The molecule has 7 nitrogen and oxygen atoms in total. The molecule has 0 amide bonds. The Morgan fingerprint density at radius 1 is 1.20 bits per heavy atom. The van der Waals surface area contributed by atoms with Crippen LogP contribution in [0.1, 0.15) is 37.4 Å². The maximum Gasteiger partial charge on any atom is 0.219 e. The summed E-state index contributed by atoms with van der Waals surface area (Å²) in [6.45, 7) is 4.31. The number of hydrogen-bond donors (Lipinski definition) is 1. The van der Waals surface area contributed by atoms with Crippen LogP contribution in [0.25, 0.3) is 0 Å². The first-order valence-electron chi connectivity index (χ1n) is 10.1. The Balaban J connectivity index is 1.82. The number of rotatable bonds is 9. The lowest BCUT2D eigenvalue weighted by Gasteiger charge is -2.25. The lowest BCUT2D eigenvalue weighted by Crippen LogP contribution is -2.42. The van der Waals surface area contributed by atoms with E-state index < -0.39 is 21.3 Å². The fraction of sp³-hybridized carbons (Fsp3) is 0.455. The van der Waals surface area contributed by atoms with Crippen molar-refractivity contribution in [1.82, 2.24) is 9.79 Å². The molecule has 0 radical (unpaired) electrons. The highest BCUT2D eigenvalue weighted by atomic mass is 32.2. The lowest BCUT2D eigenvalue weighted by atomic mass is 10.0. The molecule has 1 saturated heterocycles. The van der Waals surface area contributed by atoms with Gasteiger partial charge in [-0.1, -0.05) is 43.3 Å². The van der Waals surface area contributed by atoms with Crippen LogP contribution in [0.3, 0.4) is 0 Å². The number of hydroxylamine groups is 2. The predicted octanol–water partition coefficient (Wildman–Crippen LogP) is 3.28. The first-order valence-corrected chi connectivity index (χ1v) is 11.6. The normalized spacial score (nSPS) is 20.8. The van der Waals surface area contributed by atoms with Gasteiger partial charge in [-0.3, -0.25) is 4.84 Å². The van der Waals surface area contributed by atoms with Crippen LogP contribution in [0.4, 0.5) is 0 Å². The highest BCUT2D eigenvalue weighted by Crippen LogP contribution is 2.38. The van der Waals surface area contributed by atoms with E-state index >= 15 is 0 Å². The van der Waals surface area contributed by atoms with Gasteiger partial charge in [-0.25, -0.2) is 13.1 Å². The zero-order valence-electron chi connectivity index (χ0n) is 17.9. The monoisotopic (exact) mass is 434 g/mol. The Morgan fingerprint density at radius 3 is 2.60 bits per heavy atom. The Bertz CT molecular complexity index is 936. The Kier molecular flexibility index (Phi) is 7.36. The van der Waals surface area contributed by atoms with Crippen LogP contribution in [-0.4, -0.2) is 45.5 Å². The molecule has 3 rings (SSSR count). The van der Waals surface area contributed by atoms with E-state index in [1.165, 1.54) is 0 Å². The maximum absolute atomic E-state index is 12.9. The lowest BCUT2D eigenvalue weighted by molar-refractivity contribution is -0.110. The topological polar surface area (TPSA) is 77.1 Å². The van der Waals surface area contributed by atoms with Crippen molar-refractivity contribution in [3.63, 3.8) is 0 Å². The second-order valence-corrected chi connectivity index (χ2v) is 9.41.